The number of hydrazine groups is 1. The summed E-state index contributed by atoms with van der Waals surface area (Å²) in [6, 6.07) is 12.4. The van der Waals surface area contributed by atoms with Gasteiger partial charge in [0.25, 0.3) is 0 Å². The number of hydrogen-bond donors (Lipinski definition) is 2. The molecule has 0 amide bonds. The number of anilines is 1. The van der Waals surface area contributed by atoms with Crippen molar-refractivity contribution in [2.75, 3.05) is 38.7 Å². The molecule has 1 aliphatic heterocycles. The van der Waals surface area contributed by atoms with Crippen molar-refractivity contribution < 1.29 is 8.42 Å². The molecule has 0 radical (unpaired) electrons. The molecule has 0 atom stereocenters. The molecule has 1 fully saturated rings. The van der Waals surface area contributed by atoms with Gasteiger partial charge in [-0.3, -0.25) is 5.43 Å². The van der Waals surface area contributed by atoms with Crippen molar-refractivity contribution in [3.05, 3.63) is 48.7 Å². The van der Waals surface area contributed by atoms with Crippen LogP contribution in [0.3, 0.4) is 0 Å². The van der Waals surface area contributed by atoms with Crippen molar-refractivity contribution in [1.29, 1.82) is 0 Å². The summed E-state index contributed by atoms with van der Waals surface area (Å²) in [7, 11) is -1.58. The van der Waals surface area contributed by atoms with E-state index in [4.69, 9.17) is 5.14 Å². The molecule has 8 nitrogen and oxygen atoms in total. The number of primary sulfonamides is 1. The maximum atomic E-state index is 11.4. The SMILES string of the molecule is CN1CCN(Nc2ncc3cc(-c4ccc(S(N)(=O)=O)cc4)ccc3n2)CC1. The third-order valence-electron chi connectivity index (χ3n) is 4.86. The number of aromatic nitrogens is 2. The van der Waals surface area contributed by atoms with E-state index in [1.165, 1.54) is 12.1 Å². The van der Waals surface area contributed by atoms with Crippen LogP contribution >= 0.6 is 0 Å². The Kier molecular flexibility index (Phi) is 4.98. The van der Waals surface area contributed by atoms with E-state index >= 15 is 0 Å². The Bertz CT molecular complexity index is 1090. The van der Waals surface area contributed by atoms with Gasteiger partial charge in [0.05, 0.1) is 10.4 Å². The summed E-state index contributed by atoms with van der Waals surface area (Å²) >= 11 is 0. The van der Waals surface area contributed by atoms with Crippen LogP contribution in [0.4, 0.5) is 5.95 Å². The fraction of sp³-hybridized carbons (Fsp3) is 0.263. The summed E-state index contributed by atoms with van der Waals surface area (Å²) in [6.07, 6.45) is 1.79. The fourth-order valence-corrected chi connectivity index (χ4v) is 3.68. The topological polar surface area (TPSA) is 104 Å². The molecule has 2 heterocycles. The summed E-state index contributed by atoms with van der Waals surface area (Å²) in [4.78, 5) is 11.4. The van der Waals surface area contributed by atoms with E-state index in [-0.39, 0.29) is 4.90 Å². The lowest BCUT2D eigenvalue weighted by Crippen LogP contribution is -2.47. The third kappa shape index (κ3) is 4.12. The molecular weight excluding hydrogens is 376 g/mol. The lowest BCUT2D eigenvalue weighted by atomic mass is 10.0. The van der Waals surface area contributed by atoms with Crippen molar-refractivity contribution in [3.8, 4) is 11.1 Å². The predicted octanol–water partition coefficient (Wildman–Crippen LogP) is 1.52. The second kappa shape index (κ2) is 7.44. The number of sulfonamides is 1. The van der Waals surface area contributed by atoms with Gasteiger partial charge in [-0.1, -0.05) is 18.2 Å². The fourth-order valence-electron chi connectivity index (χ4n) is 3.16. The molecule has 0 bridgehead atoms. The number of benzene rings is 2. The maximum Gasteiger partial charge on any atom is 0.238 e. The van der Waals surface area contributed by atoms with E-state index in [1.807, 2.05) is 18.2 Å². The lowest BCUT2D eigenvalue weighted by molar-refractivity contribution is 0.178. The first-order chi connectivity index (χ1) is 13.4. The molecular formula is C19H22N6O2S. The van der Waals surface area contributed by atoms with Crippen molar-refractivity contribution in [2.24, 2.45) is 5.14 Å². The van der Waals surface area contributed by atoms with Gasteiger partial charge in [0, 0.05) is 37.8 Å². The average molecular weight is 398 g/mol. The highest BCUT2D eigenvalue weighted by molar-refractivity contribution is 7.89. The Labute approximate surface area is 164 Å². The normalized spacial score (nSPS) is 16.4. The quantitative estimate of drug-likeness (QED) is 0.686. The number of piperazine rings is 1. The second-order valence-corrected chi connectivity index (χ2v) is 8.50. The molecule has 0 saturated carbocycles. The van der Waals surface area contributed by atoms with E-state index in [0.717, 1.165) is 48.2 Å². The molecule has 28 heavy (non-hydrogen) atoms. The largest absolute Gasteiger partial charge is 0.304 e. The van der Waals surface area contributed by atoms with Gasteiger partial charge in [-0.25, -0.2) is 28.5 Å². The van der Waals surface area contributed by atoms with Gasteiger partial charge in [0.2, 0.25) is 16.0 Å². The smallest absolute Gasteiger partial charge is 0.238 e. The Balaban J connectivity index is 1.55. The number of fused-ring (bicyclic) bond motifs is 1. The first-order valence-corrected chi connectivity index (χ1v) is 10.5. The van der Waals surface area contributed by atoms with Gasteiger partial charge >= 0.3 is 0 Å². The molecule has 1 aromatic heterocycles. The molecule has 0 aliphatic carbocycles. The van der Waals surface area contributed by atoms with Crippen LogP contribution in [-0.2, 0) is 10.0 Å². The molecule has 0 spiro atoms. The predicted molar refractivity (Wildman–Crippen MR) is 109 cm³/mol. The van der Waals surface area contributed by atoms with Gasteiger partial charge in [-0.15, -0.1) is 0 Å². The summed E-state index contributed by atoms with van der Waals surface area (Å²) in [5.74, 6) is 0.585. The van der Waals surface area contributed by atoms with Gasteiger partial charge in [0.1, 0.15) is 0 Å². The van der Waals surface area contributed by atoms with Crippen LogP contribution in [0.2, 0.25) is 0 Å². The lowest BCUT2D eigenvalue weighted by Gasteiger charge is -2.32. The first kappa shape index (κ1) is 18.8. The minimum Gasteiger partial charge on any atom is -0.304 e. The van der Waals surface area contributed by atoms with E-state index in [0.29, 0.717) is 5.95 Å². The average Bonchev–Trinajstić information content (AvgIpc) is 2.69. The zero-order chi connectivity index (χ0) is 19.7. The number of likely N-dealkylation sites (N-methyl/N-ethyl adjacent to an activating group) is 1. The summed E-state index contributed by atoms with van der Waals surface area (Å²) in [5.41, 5.74) is 5.97. The van der Waals surface area contributed by atoms with Crippen LogP contribution in [0.1, 0.15) is 0 Å². The molecule has 1 aliphatic rings. The standard InChI is InChI=1S/C19H22N6O2S/c1-24-8-10-25(11-9-24)23-19-21-13-16-12-15(4-7-18(16)22-19)14-2-5-17(6-3-14)28(20,26)27/h2-7,12-13H,8-11H2,1H3,(H2,20,26,27)(H,21,22,23). The van der Waals surface area contributed by atoms with Crippen LogP contribution in [-0.4, -0.2) is 61.5 Å². The number of nitrogens with two attached hydrogens (primary N) is 1. The molecule has 1 saturated heterocycles. The van der Waals surface area contributed by atoms with Gasteiger partial charge in [0.15, 0.2) is 0 Å². The van der Waals surface area contributed by atoms with Crippen LogP contribution in [0, 0.1) is 0 Å². The van der Waals surface area contributed by atoms with E-state index in [2.05, 4.69) is 32.4 Å². The number of hydrogen-bond acceptors (Lipinski definition) is 7. The first-order valence-electron chi connectivity index (χ1n) is 8.99. The van der Waals surface area contributed by atoms with E-state index in [9.17, 15) is 8.42 Å². The van der Waals surface area contributed by atoms with Crippen LogP contribution in [0.25, 0.3) is 22.0 Å². The summed E-state index contributed by atoms with van der Waals surface area (Å²) in [6.45, 7) is 3.86. The summed E-state index contributed by atoms with van der Waals surface area (Å²) in [5, 5.41) is 8.19. The highest BCUT2D eigenvalue weighted by atomic mass is 32.2. The second-order valence-electron chi connectivity index (χ2n) is 6.94. The highest BCUT2D eigenvalue weighted by Crippen LogP contribution is 2.25. The summed E-state index contributed by atoms with van der Waals surface area (Å²) < 4.78 is 22.8. The molecule has 3 N–H and O–H groups in total. The Morgan fingerprint density at radius 1 is 1.00 bits per heavy atom. The third-order valence-corrected chi connectivity index (χ3v) is 5.79. The van der Waals surface area contributed by atoms with Crippen LogP contribution in [0.5, 0.6) is 0 Å². The zero-order valence-electron chi connectivity index (χ0n) is 15.5. The monoisotopic (exact) mass is 398 g/mol. The maximum absolute atomic E-state index is 11.4. The van der Waals surface area contributed by atoms with Gasteiger partial charge < -0.3 is 4.90 Å². The minimum absolute atomic E-state index is 0.0972. The number of nitrogens with zero attached hydrogens (tertiary/aromatic N) is 4. The molecule has 4 rings (SSSR count). The Morgan fingerprint density at radius 2 is 1.68 bits per heavy atom. The van der Waals surface area contributed by atoms with Gasteiger partial charge in [-0.2, -0.15) is 0 Å². The van der Waals surface area contributed by atoms with Crippen molar-refractivity contribution in [2.45, 2.75) is 4.90 Å². The van der Waals surface area contributed by atoms with E-state index < -0.39 is 10.0 Å². The van der Waals surface area contributed by atoms with Crippen molar-refractivity contribution >= 4 is 26.9 Å². The van der Waals surface area contributed by atoms with E-state index in [1.54, 1.807) is 18.3 Å². The number of rotatable bonds is 4. The highest BCUT2D eigenvalue weighted by Gasteiger charge is 2.14. The molecule has 2 aromatic carbocycles. The van der Waals surface area contributed by atoms with Crippen molar-refractivity contribution in [1.82, 2.24) is 19.9 Å². The molecule has 3 aromatic rings. The molecule has 0 unspecified atom stereocenters. The van der Waals surface area contributed by atoms with Crippen LogP contribution in [0.15, 0.2) is 53.6 Å². The van der Waals surface area contributed by atoms with Crippen LogP contribution < -0.4 is 10.6 Å². The minimum atomic E-state index is -3.69. The molecule has 146 valence electrons. The van der Waals surface area contributed by atoms with Gasteiger partial charge in [-0.05, 0) is 42.4 Å². The Morgan fingerprint density at radius 3 is 2.36 bits per heavy atom. The van der Waals surface area contributed by atoms with Crippen molar-refractivity contribution in [3.63, 3.8) is 0 Å². The number of nitrogens with one attached hydrogen (secondary N) is 1. The Hall–Kier alpha value is -2.59. The molecule has 9 heteroatoms. The zero-order valence-corrected chi connectivity index (χ0v) is 16.4.